The maximum Gasteiger partial charge on any atom is 0.410 e. The number of likely N-dealkylation sites (tertiary alicyclic amines) is 1. The zero-order valence-electron chi connectivity index (χ0n) is 15.6. The second-order valence-electron chi connectivity index (χ2n) is 7.68. The van der Waals surface area contributed by atoms with E-state index in [0.29, 0.717) is 13.1 Å². The van der Waals surface area contributed by atoms with Crippen molar-refractivity contribution in [3.8, 4) is 0 Å². The molecule has 0 aromatic heterocycles. The standard InChI is InChI=1S/C20H29N3O3/c1-14(2)18(21)19(24)22-11-10-17(12-22)23(16-8-9-16)20(25)26-13-15-6-4-3-5-7-15/h3-7,14,16-18H,8-13,21H2,1-2H3/t17-,18+/m1/s1. The molecule has 142 valence electrons. The third-order valence-corrected chi connectivity index (χ3v) is 5.23. The minimum atomic E-state index is -0.479. The zero-order chi connectivity index (χ0) is 18.7. The van der Waals surface area contributed by atoms with Gasteiger partial charge in [0.1, 0.15) is 6.61 Å². The van der Waals surface area contributed by atoms with Gasteiger partial charge in [0.2, 0.25) is 5.91 Å². The van der Waals surface area contributed by atoms with Gasteiger partial charge in [-0.1, -0.05) is 44.2 Å². The van der Waals surface area contributed by atoms with E-state index in [2.05, 4.69) is 0 Å². The molecule has 0 radical (unpaired) electrons. The van der Waals surface area contributed by atoms with Crippen LogP contribution in [-0.2, 0) is 16.1 Å². The number of ether oxygens (including phenoxy) is 1. The van der Waals surface area contributed by atoms with Crippen molar-refractivity contribution in [2.75, 3.05) is 13.1 Å². The Bertz CT molecular complexity index is 630. The first-order valence-electron chi connectivity index (χ1n) is 9.50. The molecule has 26 heavy (non-hydrogen) atoms. The van der Waals surface area contributed by atoms with Crippen LogP contribution >= 0.6 is 0 Å². The van der Waals surface area contributed by atoms with Crippen LogP contribution in [0.15, 0.2) is 30.3 Å². The molecule has 2 N–H and O–H groups in total. The lowest BCUT2D eigenvalue weighted by Crippen LogP contribution is -2.48. The number of carbonyl (C=O) groups is 2. The largest absolute Gasteiger partial charge is 0.445 e. The van der Waals surface area contributed by atoms with Crippen LogP contribution in [0.3, 0.4) is 0 Å². The van der Waals surface area contributed by atoms with Gasteiger partial charge in [0, 0.05) is 19.1 Å². The molecule has 1 saturated carbocycles. The lowest BCUT2D eigenvalue weighted by atomic mass is 10.0. The average Bonchev–Trinajstić information content (AvgIpc) is 3.35. The van der Waals surface area contributed by atoms with Gasteiger partial charge >= 0.3 is 6.09 Å². The Morgan fingerprint density at radius 3 is 2.50 bits per heavy atom. The molecule has 1 aromatic rings. The number of carbonyl (C=O) groups excluding carboxylic acids is 2. The van der Waals surface area contributed by atoms with Crippen molar-refractivity contribution in [3.05, 3.63) is 35.9 Å². The fraction of sp³-hybridized carbons (Fsp3) is 0.600. The maximum atomic E-state index is 12.7. The molecule has 2 atom stereocenters. The Balaban J connectivity index is 1.58. The van der Waals surface area contributed by atoms with E-state index in [4.69, 9.17) is 10.5 Å². The van der Waals surface area contributed by atoms with E-state index in [0.717, 1.165) is 24.8 Å². The molecule has 0 bridgehead atoms. The molecular formula is C20H29N3O3. The van der Waals surface area contributed by atoms with E-state index in [1.165, 1.54) is 0 Å². The van der Waals surface area contributed by atoms with Gasteiger partial charge in [-0.05, 0) is 30.7 Å². The van der Waals surface area contributed by atoms with Crippen LogP contribution in [0.5, 0.6) is 0 Å². The molecule has 0 spiro atoms. The van der Waals surface area contributed by atoms with Gasteiger partial charge in [-0.3, -0.25) is 4.79 Å². The molecule has 1 aromatic carbocycles. The predicted molar refractivity (Wildman–Crippen MR) is 99.3 cm³/mol. The van der Waals surface area contributed by atoms with E-state index < -0.39 is 6.04 Å². The van der Waals surface area contributed by atoms with Gasteiger partial charge in [-0.2, -0.15) is 0 Å². The van der Waals surface area contributed by atoms with E-state index in [9.17, 15) is 9.59 Å². The maximum absolute atomic E-state index is 12.7. The summed E-state index contributed by atoms with van der Waals surface area (Å²) in [6.07, 6.45) is 2.53. The molecule has 2 aliphatic rings. The number of nitrogens with zero attached hydrogens (tertiary/aromatic N) is 2. The molecule has 1 heterocycles. The summed E-state index contributed by atoms with van der Waals surface area (Å²) in [5.74, 6) is 0.0906. The Morgan fingerprint density at radius 1 is 1.19 bits per heavy atom. The summed E-state index contributed by atoms with van der Waals surface area (Å²) >= 11 is 0. The summed E-state index contributed by atoms with van der Waals surface area (Å²) in [6, 6.07) is 9.48. The predicted octanol–water partition coefficient (Wildman–Crippen LogP) is 2.37. The van der Waals surface area contributed by atoms with Crippen molar-refractivity contribution in [2.45, 2.75) is 57.8 Å². The molecule has 0 unspecified atom stereocenters. The number of nitrogens with two attached hydrogens (primary N) is 1. The highest BCUT2D eigenvalue weighted by Crippen LogP contribution is 2.32. The number of hydrogen-bond acceptors (Lipinski definition) is 4. The molecule has 1 aliphatic heterocycles. The van der Waals surface area contributed by atoms with Crippen LogP contribution in [0.4, 0.5) is 4.79 Å². The highest BCUT2D eigenvalue weighted by atomic mass is 16.6. The van der Waals surface area contributed by atoms with Gasteiger partial charge in [-0.25, -0.2) is 4.79 Å². The lowest BCUT2D eigenvalue weighted by molar-refractivity contribution is -0.132. The number of hydrogen-bond donors (Lipinski definition) is 1. The van der Waals surface area contributed by atoms with Crippen LogP contribution in [0.1, 0.15) is 38.7 Å². The van der Waals surface area contributed by atoms with Crippen molar-refractivity contribution < 1.29 is 14.3 Å². The summed E-state index contributed by atoms with van der Waals surface area (Å²) in [6.45, 7) is 5.38. The van der Waals surface area contributed by atoms with E-state index in [1.54, 1.807) is 4.90 Å². The first-order chi connectivity index (χ1) is 12.5. The molecule has 6 nitrogen and oxygen atoms in total. The monoisotopic (exact) mass is 359 g/mol. The van der Waals surface area contributed by atoms with Crippen LogP contribution < -0.4 is 5.73 Å². The third-order valence-electron chi connectivity index (χ3n) is 5.23. The van der Waals surface area contributed by atoms with Gasteiger partial charge in [0.25, 0.3) is 0 Å². The lowest BCUT2D eigenvalue weighted by Gasteiger charge is -2.29. The van der Waals surface area contributed by atoms with Gasteiger partial charge < -0.3 is 20.3 Å². The molecule has 1 saturated heterocycles. The second kappa shape index (κ2) is 8.08. The Hall–Kier alpha value is -2.08. The Morgan fingerprint density at radius 2 is 1.88 bits per heavy atom. The zero-order valence-corrected chi connectivity index (χ0v) is 15.6. The average molecular weight is 359 g/mol. The van der Waals surface area contributed by atoms with Gasteiger partial charge in [0.15, 0.2) is 0 Å². The minimum Gasteiger partial charge on any atom is -0.445 e. The number of rotatable bonds is 6. The fourth-order valence-corrected chi connectivity index (χ4v) is 3.41. The van der Waals surface area contributed by atoms with Crippen molar-refractivity contribution in [3.63, 3.8) is 0 Å². The second-order valence-corrected chi connectivity index (χ2v) is 7.68. The number of benzene rings is 1. The van der Waals surface area contributed by atoms with Crippen LogP contribution in [0.25, 0.3) is 0 Å². The van der Waals surface area contributed by atoms with Gasteiger partial charge in [0.05, 0.1) is 12.1 Å². The number of amides is 2. The fourth-order valence-electron chi connectivity index (χ4n) is 3.41. The summed E-state index contributed by atoms with van der Waals surface area (Å²) < 4.78 is 5.54. The van der Waals surface area contributed by atoms with Crippen molar-refractivity contribution in [1.29, 1.82) is 0 Å². The first-order valence-corrected chi connectivity index (χ1v) is 9.50. The van der Waals surface area contributed by atoms with E-state index >= 15 is 0 Å². The SMILES string of the molecule is CC(C)[C@H](N)C(=O)N1CC[C@@H](N(C(=O)OCc2ccccc2)C2CC2)C1. The highest BCUT2D eigenvalue weighted by Gasteiger charge is 2.42. The molecule has 2 fully saturated rings. The normalized spacial score (nSPS) is 20.9. The Labute approximate surface area is 155 Å². The summed E-state index contributed by atoms with van der Waals surface area (Å²) in [5, 5.41) is 0. The molecule has 2 amide bonds. The minimum absolute atomic E-state index is 0.0177. The van der Waals surface area contributed by atoms with Crippen LogP contribution in [0, 0.1) is 5.92 Å². The van der Waals surface area contributed by atoms with Crippen molar-refractivity contribution >= 4 is 12.0 Å². The summed E-state index contributed by atoms with van der Waals surface area (Å²) in [5.41, 5.74) is 6.98. The summed E-state index contributed by atoms with van der Waals surface area (Å²) in [4.78, 5) is 28.8. The first kappa shape index (κ1) is 18.7. The molecule has 1 aliphatic carbocycles. The smallest absolute Gasteiger partial charge is 0.410 e. The Kier molecular flexibility index (Phi) is 5.81. The van der Waals surface area contributed by atoms with E-state index in [1.807, 2.05) is 49.1 Å². The van der Waals surface area contributed by atoms with E-state index in [-0.39, 0.29) is 36.6 Å². The molecule has 6 heteroatoms. The summed E-state index contributed by atoms with van der Waals surface area (Å²) in [7, 11) is 0. The van der Waals surface area contributed by atoms with Crippen molar-refractivity contribution in [1.82, 2.24) is 9.80 Å². The topological polar surface area (TPSA) is 75.9 Å². The molecular weight excluding hydrogens is 330 g/mol. The van der Waals surface area contributed by atoms with Crippen LogP contribution in [-0.4, -0.2) is 53.0 Å². The highest BCUT2D eigenvalue weighted by molar-refractivity contribution is 5.82. The quantitative estimate of drug-likeness (QED) is 0.846. The van der Waals surface area contributed by atoms with Crippen molar-refractivity contribution in [2.24, 2.45) is 11.7 Å². The third kappa shape index (κ3) is 4.36. The van der Waals surface area contributed by atoms with Crippen LogP contribution in [0.2, 0.25) is 0 Å². The van der Waals surface area contributed by atoms with Gasteiger partial charge in [-0.15, -0.1) is 0 Å². The molecule has 3 rings (SSSR count).